The minimum atomic E-state index is 0.595. The van der Waals surface area contributed by atoms with Crippen molar-refractivity contribution >= 4 is 5.82 Å². The standard InChI is InChI=1S/C14H24N4/c1-4-17(3)14-6-5-13(9-16-14)11-18-8-7-15-12(2)10-18/h5-6,9,12,15H,4,7-8,10-11H2,1-3H3/t12-/m0/s1. The Labute approximate surface area is 110 Å². The number of aromatic nitrogens is 1. The molecule has 4 heteroatoms. The Kier molecular flexibility index (Phi) is 4.55. The highest BCUT2D eigenvalue weighted by molar-refractivity contribution is 5.37. The van der Waals surface area contributed by atoms with Crippen molar-refractivity contribution in [2.75, 3.05) is 38.1 Å². The van der Waals surface area contributed by atoms with Crippen LogP contribution in [0.25, 0.3) is 0 Å². The molecular weight excluding hydrogens is 224 g/mol. The van der Waals surface area contributed by atoms with Gasteiger partial charge in [-0.3, -0.25) is 4.90 Å². The molecule has 0 radical (unpaired) electrons. The number of nitrogens with one attached hydrogen (secondary N) is 1. The van der Waals surface area contributed by atoms with Crippen molar-refractivity contribution in [3.05, 3.63) is 23.9 Å². The molecule has 0 saturated carbocycles. The third-order valence-electron chi connectivity index (χ3n) is 3.53. The molecule has 1 aliphatic rings. The second-order valence-corrected chi connectivity index (χ2v) is 5.13. The first-order valence-corrected chi connectivity index (χ1v) is 6.81. The van der Waals surface area contributed by atoms with Crippen LogP contribution in [0.1, 0.15) is 19.4 Å². The number of anilines is 1. The van der Waals surface area contributed by atoms with Crippen molar-refractivity contribution < 1.29 is 0 Å². The Balaban J connectivity index is 1.93. The molecule has 2 heterocycles. The lowest BCUT2D eigenvalue weighted by molar-refractivity contribution is 0.199. The normalized spacial score (nSPS) is 20.9. The van der Waals surface area contributed by atoms with Crippen molar-refractivity contribution in [2.24, 2.45) is 0 Å². The maximum absolute atomic E-state index is 4.52. The van der Waals surface area contributed by atoms with E-state index in [-0.39, 0.29) is 0 Å². The number of hydrogen-bond acceptors (Lipinski definition) is 4. The van der Waals surface area contributed by atoms with Gasteiger partial charge in [0.15, 0.2) is 0 Å². The van der Waals surface area contributed by atoms with Crippen LogP contribution < -0.4 is 10.2 Å². The highest BCUT2D eigenvalue weighted by Crippen LogP contribution is 2.11. The Morgan fingerprint density at radius 2 is 2.33 bits per heavy atom. The average Bonchev–Trinajstić information content (AvgIpc) is 2.39. The van der Waals surface area contributed by atoms with Gasteiger partial charge < -0.3 is 10.2 Å². The predicted molar refractivity (Wildman–Crippen MR) is 75.9 cm³/mol. The first-order valence-electron chi connectivity index (χ1n) is 6.81. The zero-order valence-corrected chi connectivity index (χ0v) is 11.7. The molecule has 4 nitrogen and oxygen atoms in total. The summed E-state index contributed by atoms with van der Waals surface area (Å²) < 4.78 is 0. The summed E-state index contributed by atoms with van der Waals surface area (Å²) in [4.78, 5) is 9.15. The monoisotopic (exact) mass is 248 g/mol. The van der Waals surface area contributed by atoms with Gasteiger partial charge in [0.2, 0.25) is 0 Å². The number of rotatable bonds is 4. The molecule has 1 saturated heterocycles. The van der Waals surface area contributed by atoms with Crippen molar-refractivity contribution in [3.8, 4) is 0 Å². The van der Waals surface area contributed by atoms with E-state index in [2.05, 4.69) is 53.1 Å². The molecule has 1 aromatic rings. The van der Waals surface area contributed by atoms with Crippen LogP contribution in [-0.4, -0.2) is 49.2 Å². The molecule has 0 aromatic carbocycles. The molecule has 1 N–H and O–H groups in total. The first kappa shape index (κ1) is 13.3. The molecule has 1 fully saturated rings. The SMILES string of the molecule is CCN(C)c1ccc(CN2CCN[C@@H](C)C2)cn1. The summed E-state index contributed by atoms with van der Waals surface area (Å²) >= 11 is 0. The molecule has 0 aliphatic carbocycles. The summed E-state index contributed by atoms with van der Waals surface area (Å²) in [5, 5.41) is 3.47. The fourth-order valence-corrected chi connectivity index (χ4v) is 2.31. The molecule has 0 bridgehead atoms. The second-order valence-electron chi connectivity index (χ2n) is 5.13. The highest BCUT2D eigenvalue weighted by Gasteiger charge is 2.15. The van der Waals surface area contributed by atoms with E-state index in [1.807, 2.05) is 6.20 Å². The maximum atomic E-state index is 4.52. The first-order chi connectivity index (χ1) is 8.69. The Morgan fingerprint density at radius 1 is 1.50 bits per heavy atom. The van der Waals surface area contributed by atoms with Gasteiger partial charge in [0, 0.05) is 52.0 Å². The zero-order chi connectivity index (χ0) is 13.0. The number of nitrogens with zero attached hydrogens (tertiary/aromatic N) is 3. The van der Waals surface area contributed by atoms with Gasteiger partial charge in [0.25, 0.3) is 0 Å². The van der Waals surface area contributed by atoms with Gasteiger partial charge in [0.05, 0.1) is 0 Å². The van der Waals surface area contributed by atoms with Crippen molar-refractivity contribution in [2.45, 2.75) is 26.4 Å². The Hall–Kier alpha value is -1.13. The Morgan fingerprint density at radius 3 is 2.94 bits per heavy atom. The summed E-state index contributed by atoms with van der Waals surface area (Å²) in [5.41, 5.74) is 1.30. The molecular formula is C14H24N4. The smallest absolute Gasteiger partial charge is 0.128 e. The number of piperazine rings is 1. The Bertz CT molecular complexity index is 363. The summed E-state index contributed by atoms with van der Waals surface area (Å²) in [6.07, 6.45) is 2.01. The largest absolute Gasteiger partial charge is 0.360 e. The minimum absolute atomic E-state index is 0.595. The minimum Gasteiger partial charge on any atom is -0.360 e. The third-order valence-corrected chi connectivity index (χ3v) is 3.53. The van der Waals surface area contributed by atoms with Crippen LogP contribution in [0, 0.1) is 0 Å². The van der Waals surface area contributed by atoms with Crippen LogP contribution in [0.15, 0.2) is 18.3 Å². The summed E-state index contributed by atoms with van der Waals surface area (Å²) in [5.74, 6) is 1.05. The van der Waals surface area contributed by atoms with E-state index in [4.69, 9.17) is 0 Å². The molecule has 18 heavy (non-hydrogen) atoms. The van der Waals surface area contributed by atoms with Crippen LogP contribution in [-0.2, 0) is 6.54 Å². The van der Waals surface area contributed by atoms with Crippen LogP contribution in [0.2, 0.25) is 0 Å². The molecule has 1 aromatic heterocycles. The molecule has 0 amide bonds. The van der Waals surface area contributed by atoms with Crippen molar-refractivity contribution in [1.29, 1.82) is 0 Å². The quantitative estimate of drug-likeness (QED) is 0.871. The predicted octanol–water partition coefficient (Wildman–Crippen LogP) is 1.33. The van der Waals surface area contributed by atoms with Crippen LogP contribution in [0.4, 0.5) is 5.82 Å². The van der Waals surface area contributed by atoms with Gasteiger partial charge in [-0.05, 0) is 25.5 Å². The molecule has 100 valence electrons. The summed E-state index contributed by atoms with van der Waals surface area (Å²) in [6, 6.07) is 4.91. The lowest BCUT2D eigenvalue weighted by Gasteiger charge is -2.31. The lowest BCUT2D eigenvalue weighted by atomic mass is 10.2. The van der Waals surface area contributed by atoms with Gasteiger partial charge >= 0.3 is 0 Å². The summed E-state index contributed by atoms with van der Waals surface area (Å²) in [6.45, 7) is 9.71. The van der Waals surface area contributed by atoms with Gasteiger partial charge in [-0.2, -0.15) is 0 Å². The van der Waals surface area contributed by atoms with E-state index < -0.39 is 0 Å². The van der Waals surface area contributed by atoms with Gasteiger partial charge in [-0.15, -0.1) is 0 Å². The molecule has 0 spiro atoms. The van der Waals surface area contributed by atoms with Crippen LogP contribution >= 0.6 is 0 Å². The van der Waals surface area contributed by atoms with E-state index in [0.717, 1.165) is 38.5 Å². The van der Waals surface area contributed by atoms with Gasteiger partial charge in [-0.25, -0.2) is 4.98 Å². The van der Waals surface area contributed by atoms with E-state index in [0.29, 0.717) is 6.04 Å². The number of pyridine rings is 1. The summed E-state index contributed by atoms with van der Waals surface area (Å²) in [7, 11) is 2.07. The lowest BCUT2D eigenvalue weighted by Crippen LogP contribution is -2.48. The van der Waals surface area contributed by atoms with E-state index in [9.17, 15) is 0 Å². The zero-order valence-electron chi connectivity index (χ0n) is 11.7. The van der Waals surface area contributed by atoms with Crippen LogP contribution in [0.3, 0.4) is 0 Å². The fourth-order valence-electron chi connectivity index (χ4n) is 2.31. The van der Waals surface area contributed by atoms with Crippen molar-refractivity contribution in [3.63, 3.8) is 0 Å². The molecule has 1 aliphatic heterocycles. The van der Waals surface area contributed by atoms with Gasteiger partial charge in [0.1, 0.15) is 5.82 Å². The van der Waals surface area contributed by atoms with E-state index in [1.54, 1.807) is 0 Å². The van der Waals surface area contributed by atoms with Crippen molar-refractivity contribution in [1.82, 2.24) is 15.2 Å². The molecule has 1 atom stereocenters. The number of hydrogen-bond donors (Lipinski definition) is 1. The van der Waals surface area contributed by atoms with Crippen LogP contribution in [0.5, 0.6) is 0 Å². The maximum Gasteiger partial charge on any atom is 0.128 e. The van der Waals surface area contributed by atoms with E-state index >= 15 is 0 Å². The average molecular weight is 248 g/mol. The second kappa shape index (κ2) is 6.16. The van der Waals surface area contributed by atoms with E-state index in [1.165, 1.54) is 5.56 Å². The third kappa shape index (κ3) is 3.43. The fraction of sp³-hybridized carbons (Fsp3) is 0.643. The highest BCUT2D eigenvalue weighted by atomic mass is 15.2. The topological polar surface area (TPSA) is 31.4 Å². The van der Waals surface area contributed by atoms with Gasteiger partial charge in [-0.1, -0.05) is 6.07 Å². The molecule has 2 rings (SSSR count). The molecule has 0 unspecified atom stereocenters.